The number of fused-ring (bicyclic) bond motifs is 1. The molecule has 4 aromatic rings. The first kappa shape index (κ1) is 28.2. The summed E-state index contributed by atoms with van der Waals surface area (Å²) < 4.78 is 35.1. The molecule has 40 heavy (non-hydrogen) atoms. The van der Waals surface area contributed by atoms with E-state index in [1.54, 1.807) is 28.8 Å². The van der Waals surface area contributed by atoms with Gasteiger partial charge in [0.1, 0.15) is 0 Å². The van der Waals surface area contributed by atoms with Crippen molar-refractivity contribution in [2.45, 2.75) is 24.8 Å². The van der Waals surface area contributed by atoms with E-state index in [2.05, 4.69) is 15.5 Å². The molecule has 1 aliphatic rings. The fourth-order valence-corrected chi connectivity index (χ4v) is 6.33. The Bertz CT molecular complexity index is 1680. The highest BCUT2D eigenvalue weighted by Gasteiger charge is 2.28. The predicted octanol–water partition coefficient (Wildman–Crippen LogP) is 6.11. The highest BCUT2D eigenvalue weighted by atomic mass is 35.5. The van der Waals surface area contributed by atoms with E-state index in [1.165, 1.54) is 10.4 Å². The minimum absolute atomic E-state index is 0.0968. The first-order chi connectivity index (χ1) is 19.3. The fourth-order valence-electron chi connectivity index (χ4n) is 4.62. The van der Waals surface area contributed by atoms with Crippen LogP contribution in [0.2, 0.25) is 5.02 Å². The lowest BCUT2D eigenvalue weighted by Crippen LogP contribution is -2.40. The van der Waals surface area contributed by atoms with Gasteiger partial charge in [-0.1, -0.05) is 48.9 Å². The molecule has 1 saturated heterocycles. The molecule has 12 heteroatoms. The molecule has 0 aliphatic carbocycles. The SMILES string of the molecule is CCc1ccccc1NC(=S)N=Nc1c(O)n(Cc2ccc(Cl)cc2)c2ccc(S(=O)(=O)N3CCOCC3)cc12. The molecular weight excluding hydrogens is 570 g/mol. The summed E-state index contributed by atoms with van der Waals surface area (Å²) in [7, 11) is -3.78. The summed E-state index contributed by atoms with van der Waals surface area (Å²) in [5.74, 6) is -0.161. The van der Waals surface area contributed by atoms with E-state index in [0.717, 1.165) is 23.2 Å². The van der Waals surface area contributed by atoms with Crippen LogP contribution in [0.4, 0.5) is 11.4 Å². The second-order valence-electron chi connectivity index (χ2n) is 9.22. The van der Waals surface area contributed by atoms with E-state index in [-0.39, 0.29) is 34.7 Å². The number of azo groups is 1. The number of nitrogens with one attached hydrogen (secondary N) is 1. The molecule has 0 amide bonds. The third-order valence-electron chi connectivity index (χ3n) is 6.72. The van der Waals surface area contributed by atoms with Gasteiger partial charge in [0.05, 0.1) is 30.2 Å². The summed E-state index contributed by atoms with van der Waals surface area (Å²) in [6, 6.07) is 19.7. The third-order valence-corrected chi connectivity index (χ3v) is 9.05. The van der Waals surface area contributed by atoms with Gasteiger partial charge in [-0.2, -0.15) is 4.31 Å². The van der Waals surface area contributed by atoms with Gasteiger partial charge in [0, 0.05) is 29.2 Å². The minimum atomic E-state index is -3.78. The van der Waals surface area contributed by atoms with Crippen LogP contribution in [0.15, 0.2) is 81.9 Å². The zero-order chi connectivity index (χ0) is 28.3. The van der Waals surface area contributed by atoms with Gasteiger partial charge in [-0.25, -0.2) is 8.42 Å². The largest absolute Gasteiger partial charge is 0.493 e. The van der Waals surface area contributed by atoms with Crippen molar-refractivity contribution in [2.75, 3.05) is 31.6 Å². The summed E-state index contributed by atoms with van der Waals surface area (Å²) in [5, 5.41) is 24.0. The number of benzene rings is 3. The third kappa shape index (κ3) is 5.89. The van der Waals surface area contributed by atoms with Crippen LogP contribution in [0.3, 0.4) is 0 Å². The van der Waals surface area contributed by atoms with Crippen LogP contribution in [0.25, 0.3) is 10.9 Å². The lowest BCUT2D eigenvalue weighted by Gasteiger charge is -2.26. The maximum absolute atomic E-state index is 13.4. The molecule has 9 nitrogen and oxygen atoms in total. The van der Waals surface area contributed by atoms with Crippen LogP contribution < -0.4 is 5.32 Å². The molecule has 1 aliphatic heterocycles. The number of para-hydroxylation sites is 1. The van der Waals surface area contributed by atoms with Gasteiger partial charge in [0.15, 0.2) is 5.69 Å². The molecule has 2 heterocycles. The van der Waals surface area contributed by atoms with Crippen molar-refractivity contribution >= 4 is 61.2 Å². The van der Waals surface area contributed by atoms with Gasteiger partial charge in [-0.3, -0.25) is 0 Å². The zero-order valence-corrected chi connectivity index (χ0v) is 24.1. The van der Waals surface area contributed by atoms with E-state index in [9.17, 15) is 13.5 Å². The average molecular weight is 598 g/mol. The summed E-state index contributed by atoms with van der Waals surface area (Å²) >= 11 is 11.5. The highest BCUT2D eigenvalue weighted by molar-refractivity contribution is 7.89. The number of aromatic hydroxyl groups is 1. The van der Waals surface area contributed by atoms with E-state index in [4.69, 9.17) is 28.6 Å². The van der Waals surface area contributed by atoms with E-state index >= 15 is 0 Å². The molecule has 2 N–H and O–H groups in total. The van der Waals surface area contributed by atoms with E-state index in [1.807, 2.05) is 43.3 Å². The number of morpholine rings is 1. The highest BCUT2D eigenvalue weighted by Crippen LogP contribution is 2.41. The number of hydrogen-bond acceptors (Lipinski definition) is 6. The summed E-state index contributed by atoms with van der Waals surface area (Å²) in [5.41, 5.74) is 3.49. The average Bonchev–Trinajstić information content (AvgIpc) is 3.23. The molecule has 1 fully saturated rings. The maximum Gasteiger partial charge on any atom is 0.243 e. The van der Waals surface area contributed by atoms with Crippen molar-refractivity contribution in [1.29, 1.82) is 0 Å². The predicted molar refractivity (Wildman–Crippen MR) is 160 cm³/mol. The molecule has 208 valence electrons. The number of ether oxygens (including phenoxy) is 1. The Balaban J connectivity index is 1.55. The molecule has 0 saturated carbocycles. The van der Waals surface area contributed by atoms with Crippen molar-refractivity contribution in [2.24, 2.45) is 10.2 Å². The molecule has 1 aromatic heterocycles. The van der Waals surface area contributed by atoms with Crippen LogP contribution in [0.5, 0.6) is 5.88 Å². The molecule has 0 unspecified atom stereocenters. The van der Waals surface area contributed by atoms with Crippen molar-refractivity contribution in [3.05, 3.63) is 82.9 Å². The Morgan fingerprint density at radius 2 is 1.82 bits per heavy atom. The molecule has 5 rings (SSSR count). The number of aryl methyl sites for hydroxylation is 1. The van der Waals surface area contributed by atoms with E-state index < -0.39 is 10.0 Å². The van der Waals surface area contributed by atoms with E-state index in [0.29, 0.717) is 35.7 Å². The topological polar surface area (TPSA) is 109 Å². The second kappa shape index (κ2) is 12.0. The number of hydrogen-bond donors (Lipinski definition) is 2. The first-order valence-corrected chi connectivity index (χ1v) is 15.0. The Morgan fingerprint density at radius 3 is 2.55 bits per heavy atom. The standard InChI is InChI=1S/C28H28ClN5O4S2/c1-2-20-5-3-4-6-24(20)30-28(39)32-31-26-23-17-22(40(36,37)33-13-15-38-16-14-33)11-12-25(23)34(27(26)35)18-19-7-9-21(29)10-8-19/h3-12,17,35H,2,13-16,18H2,1H3,(H,30,39). The van der Waals surface area contributed by atoms with Gasteiger partial charge in [0.25, 0.3) is 0 Å². The summed E-state index contributed by atoms with van der Waals surface area (Å²) in [4.78, 5) is 0.0968. The van der Waals surface area contributed by atoms with Crippen LogP contribution in [-0.4, -0.2) is 53.8 Å². The van der Waals surface area contributed by atoms with Gasteiger partial charge < -0.3 is 19.7 Å². The summed E-state index contributed by atoms with van der Waals surface area (Å²) in [6.07, 6.45) is 0.808. The lowest BCUT2D eigenvalue weighted by molar-refractivity contribution is 0.0730. The molecule has 0 spiro atoms. The summed E-state index contributed by atoms with van der Waals surface area (Å²) in [6.45, 7) is 3.57. The van der Waals surface area contributed by atoms with Crippen LogP contribution in [0, 0.1) is 0 Å². The van der Waals surface area contributed by atoms with Gasteiger partial charge in [-0.05, 0) is 66.2 Å². The number of anilines is 1. The Morgan fingerprint density at radius 1 is 1.10 bits per heavy atom. The van der Waals surface area contributed by atoms with Crippen LogP contribution in [0.1, 0.15) is 18.1 Å². The normalized spacial score (nSPS) is 14.7. The molecule has 0 radical (unpaired) electrons. The number of halogens is 1. The lowest BCUT2D eigenvalue weighted by atomic mass is 10.1. The smallest absolute Gasteiger partial charge is 0.243 e. The van der Waals surface area contributed by atoms with Crippen molar-refractivity contribution < 1.29 is 18.3 Å². The minimum Gasteiger partial charge on any atom is -0.493 e. The Labute approximate surface area is 243 Å². The monoisotopic (exact) mass is 597 g/mol. The number of thiocarbonyl (C=S) groups is 1. The van der Waals surface area contributed by atoms with Crippen LogP contribution >= 0.6 is 23.8 Å². The van der Waals surface area contributed by atoms with Crippen molar-refractivity contribution in [1.82, 2.24) is 8.87 Å². The first-order valence-electron chi connectivity index (χ1n) is 12.8. The quantitative estimate of drug-likeness (QED) is 0.196. The fraction of sp³-hybridized carbons (Fsp3) is 0.250. The molecule has 0 bridgehead atoms. The van der Waals surface area contributed by atoms with Crippen molar-refractivity contribution in [3.63, 3.8) is 0 Å². The number of aromatic nitrogens is 1. The van der Waals surface area contributed by atoms with Gasteiger partial charge in [-0.15, -0.1) is 10.2 Å². The Kier molecular flexibility index (Phi) is 8.48. The van der Waals surface area contributed by atoms with Gasteiger partial charge >= 0.3 is 0 Å². The van der Waals surface area contributed by atoms with Crippen LogP contribution in [-0.2, 0) is 27.7 Å². The molecular formula is C28H28ClN5O4S2. The number of rotatable bonds is 7. The zero-order valence-electron chi connectivity index (χ0n) is 21.7. The van der Waals surface area contributed by atoms with Crippen molar-refractivity contribution in [3.8, 4) is 5.88 Å². The Hall–Kier alpha value is -3.35. The van der Waals surface area contributed by atoms with Gasteiger partial charge in [0.2, 0.25) is 21.0 Å². The second-order valence-corrected chi connectivity index (χ2v) is 12.0. The molecule has 0 atom stereocenters. The number of nitrogens with zero attached hydrogens (tertiary/aromatic N) is 4. The maximum atomic E-state index is 13.4. The molecule has 3 aromatic carbocycles. The number of sulfonamides is 1.